The highest BCUT2D eigenvalue weighted by atomic mass is 16.1. The van der Waals surface area contributed by atoms with Gasteiger partial charge < -0.3 is 0 Å². The summed E-state index contributed by atoms with van der Waals surface area (Å²) in [4.78, 5) is 11.7. The van der Waals surface area contributed by atoms with Gasteiger partial charge in [0.15, 0.2) is 0 Å². The average Bonchev–Trinajstić information content (AvgIpc) is 2.86. The van der Waals surface area contributed by atoms with E-state index in [0.29, 0.717) is 11.7 Å². The van der Waals surface area contributed by atoms with Gasteiger partial charge >= 0.3 is 0 Å². The minimum absolute atomic E-state index is 0.242. The Bertz CT molecular complexity index is 213. The first-order chi connectivity index (χ1) is 5.79. The van der Waals surface area contributed by atoms with Gasteiger partial charge in [0, 0.05) is 11.8 Å². The molecule has 1 heteroatoms. The maximum atomic E-state index is 11.7. The van der Waals surface area contributed by atoms with Crippen molar-refractivity contribution in [3.8, 4) is 0 Å². The molecule has 0 saturated heterocycles. The maximum absolute atomic E-state index is 11.7. The average molecular weight is 164 g/mol. The molecule has 0 radical (unpaired) electrons. The van der Waals surface area contributed by atoms with E-state index in [9.17, 15) is 4.79 Å². The number of ketones is 1. The highest BCUT2D eigenvalue weighted by molar-refractivity contribution is 5.87. The molecule has 0 amide bonds. The van der Waals surface area contributed by atoms with Crippen molar-refractivity contribution >= 4 is 5.78 Å². The lowest BCUT2D eigenvalue weighted by molar-refractivity contribution is -0.123. The van der Waals surface area contributed by atoms with E-state index in [2.05, 4.69) is 6.58 Å². The maximum Gasteiger partial charge on any atom is 0.143 e. The summed E-state index contributed by atoms with van der Waals surface area (Å²) in [6.07, 6.45) is 6.91. The molecule has 2 rings (SSSR count). The molecule has 66 valence electrons. The van der Waals surface area contributed by atoms with Crippen LogP contribution >= 0.6 is 0 Å². The molecular formula is C11H16O. The Morgan fingerprint density at radius 2 is 2.00 bits per heavy atom. The molecule has 0 N–H and O–H groups in total. The Labute approximate surface area is 73.8 Å². The zero-order chi connectivity index (χ0) is 8.55. The second-order valence-corrected chi connectivity index (χ2v) is 4.13. The second-order valence-electron chi connectivity index (χ2n) is 4.13. The van der Waals surface area contributed by atoms with Crippen molar-refractivity contribution in [2.45, 2.75) is 38.5 Å². The molecular weight excluding hydrogens is 148 g/mol. The summed E-state index contributed by atoms with van der Waals surface area (Å²) in [6.45, 7) is 4.01. The summed E-state index contributed by atoms with van der Waals surface area (Å²) >= 11 is 0. The summed E-state index contributed by atoms with van der Waals surface area (Å²) in [7, 11) is 0. The molecule has 2 fully saturated rings. The normalized spacial score (nSPS) is 30.3. The van der Waals surface area contributed by atoms with E-state index >= 15 is 0 Å². The highest BCUT2D eigenvalue weighted by Crippen LogP contribution is 2.38. The molecule has 0 aromatic rings. The number of hydrogen-bond acceptors (Lipinski definition) is 1. The lowest BCUT2D eigenvalue weighted by Gasteiger charge is -2.22. The van der Waals surface area contributed by atoms with Crippen LogP contribution in [0.4, 0.5) is 0 Å². The van der Waals surface area contributed by atoms with Gasteiger partial charge in [-0.1, -0.05) is 18.6 Å². The topological polar surface area (TPSA) is 17.1 Å². The summed E-state index contributed by atoms with van der Waals surface area (Å²) in [5, 5.41) is 0. The molecule has 0 aliphatic heterocycles. The van der Waals surface area contributed by atoms with Gasteiger partial charge in [0.2, 0.25) is 0 Å². The third-order valence-corrected chi connectivity index (χ3v) is 3.06. The Morgan fingerprint density at radius 1 is 1.25 bits per heavy atom. The van der Waals surface area contributed by atoms with Crippen molar-refractivity contribution in [2.24, 2.45) is 11.8 Å². The van der Waals surface area contributed by atoms with Crippen LogP contribution < -0.4 is 0 Å². The fourth-order valence-electron chi connectivity index (χ4n) is 2.07. The van der Waals surface area contributed by atoms with Crippen LogP contribution in [0, 0.1) is 11.8 Å². The summed E-state index contributed by atoms with van der Waals surface area (Å²) in [5.41, 5.74) is 1.21. The van der Waals surface area contributed by atoms with Crippen LogP contribution in [0.15, 0.2) is 12.2 Å². The SMILES string of the molecule is C=C1CCCCC1C(=O)C1CC1. The van der Waals surface area contributed by atoms with Crippen LogP contribution in [-0.4, -0.2) is 5.78 Å². The van der Waals surface area contributed by atoms with Crippen molar-refractivity contribution in [1.29, 1.82) is 0 Å². The van der Waals surface area contributed by atoms with Crippen LogP contribution in [-0.2, 0) is 4.79 Å². The standard InChI is InChI=1S/C11H16O/c1-8-4-2-3-5-10(8)11(12)9-6-7-9/h9-10H,1-7H2. The fraction of sp³-hybridized carbons (Fsp3) is 0.727. The summed E-state index contributed by atoms with van der Waals surface area (Å²) in [5.74, 6) is 1.16. The lowest BCUT2D eigenvalue weighted by Crippen LogP contribution is -2.21. The lowest BCUT2D eigenvalue weighted by atomic mass is 9.81. The van der Waals surface area contributed by atoms with E-state index in [1.807, 2.05) is 0 Å². The quantitative estimate of drug-likeness (QED) is 0.573. The summed E-state index contributed by atoms with van der Waals surface area (Å²) < 4.78 is 0. The number of carbonyl (C=O) groups excluding carboxylic acids is 1. The van der Waals surface area contributed by atoms with Gasteiger partial charge in [-0.15, -0.1) is 0 Å². The monoisotopic (exact) mass is 164 g/mol. The van der Waals surface area contributed by atoms with E-state index in [1.54, 1.807) is 0 Å². The van der Waals surface area contributed by atoms with Crippen molar-refractivity contribution in [2.75, 3.05) is 0 Å². The van der Waals surface area contributed by atoms with Crippen molar-refractivity contribution in [3.63, 3.8) is 0 Å². The number of hydrogen-bond donors (Lipinski definition) is 0. The predicted octanol–water partition coefficient (Wildman–Crippen LogP) is 2.71. The molecule has 1 atom stereocenters. The number of Topliss-reactive ketones (excluding diaryl/α,β-unsaturated/α-hetero) is 1. The number of allylic oxidation sites excluding steroid dienone is 1. The van der Waals surface area contributed by atoms with Gasteiger partial charge in [0.1, 0.15) is 5.78 Å². The molecule has 1 unspecified atom stereocenters. The van der Waals surface area contributed by atoms with E-state index in [1.165, 1.54) is 18.4 Å². The molecule has 1 nitrogen and oxygen atoms in total. The van der Waals surface area contributed by atoms with Crippen LogP contribution in [0.3, 0.4) is 0 Å². The Balaban J connectivity index is 1.99. The number of carbonyl (C=O) groups is 1. The molecule has 2 aliphatic rings. The van der Waals surface area contributed by atoms with Gasteiger partial charge in [0.25, 0.3) is 0 Å². The van der Waals surface area contributed by atoms with Crippen molar-refractivity contribution in [1.82, 2.24) is 0 Å². The Morgan fingerprint density at radius 3 is 2.58 bits per heavy atom. The largest absolute Gasteiger partial charge is 0.299 e. The molecule has 2 saturated carbocycles. The first-order valence-electron chi connectivity index (χ1n) is 5.00. The van der Waals surface area contributed by atoms with Crippen LogP contribution in [0.1, 0.15) is 38.5 Å². The zero-order valence-corrected chi connectivity index (χ0v) is 7.51. The van der Waals surface area contributed by atoms with Crippen molar-refractivity contribution < 1.29 is 4.79 Å². The van der Waals surface area contributed by atoms with Gasteiger partial charge in [-0.3, -0.25) is 4.79 Å². The minimum atomic E-state index is 0.242. The molecule has 0 heterocycles. The van der Waals surface area contributed by atoms with Crippen LogP contribution in [0.2, 0.25) is 0 Å². The highest BCUT2D eigenvalue weighted by Gasteiger charge is 2.36. The molecule has 0 aromatic heterocycles. The molecule has 2 aliphatic carbocycles. The predicted molar refractivity (Wildman–Crippen MR) is 48.8 cm³/mol. The van der Waals surface area contributed by atoms with E-state index in [4.69, 9.17) is 0 Å². The molecule has 12 heavy (non-hydrogen) atoms. The Kier molecular flexibility index (Phi) is 2.03. The third-order valence-electron chi connectivity index (χ3n) is 3.06. The molecule has 0 aromatic carbocycles. The van der Waals surface area contributed by atoms with Crippen LogP contribution in [0.25, 0.3) is 0 Å². The minimum Gasteiger partial charge on any atom is -0.299 e. The van der Waals surface area contributed by atoms with Crippen molar-refractivity contribution in [3.05, 3.63) is 12.2 Å². The smallest absolute Gasteiger partial charge is 0.143 e. The third kappa shape index (κ3) is 1.45. The Hall–Kier alpha value is -0.590. The summed E-state index contributed by atoms with van der Waals surface area (Å²) in [6, 6.07) is 0. The molecule has 0 bridgehead atoms. The zero-order valence-electron chi connectivity index (χ0n) is 7.51. The van der Waals surface area contributed by atoms with E-state index in [0.717, 1.165) is 25.7 Å². The first-order valence-corrected chi connectivity index (χ1v) is 5.00. The second kappa shape index (κ2) is 3.04. The molecule has 0 spiro atoms. The van der Waals surface area contributed by atoms with E-state index in [-0.39, 0.29) is 5.92 Å². The van der Waals surface area contributed by atoms with Gasteiger partial charge in [-0.05, 0) is 32.1 Å². The number of rotatable bonds is 2. The van der Waals surface area contributed by atoms with Gasteiger partial charge in [0.05, 0.1) is 0 Å². The van der Waals surface area contributed by atoms with E-state index < -0.39 is 0 Å². The van der Waals surface area contributed by atoms with Gasteiger partial charge in [-0.25, -0.2) is 0 Å². The fourth-order valence-corrected chi connectivity index (χ4v) is 2.07. The first kappa shape index (κ1) is 8.03. The van der Waals surface area contributed by atoms with Crippen LogP contribution in [0.5, 0.6) is 0 Å². The van der Waals surface area contributed by atoms with Gasteiger partial charge in [-0.2, -0.15) is 0 Å².